The lowest BCUT2D eigenvalue weighted by atomic mass is 10.1. The molecule has 0 aromatic rings. The Bertz CT molecular complexity index is 216. The minimum atomic E-state index is -1.12. The van der Waals surface area contributed by atoms with E-state index in [1.54, 1.807) is 0 Å². The van der Waals surface area contributed by atoms with Gasteiger partial charge in [0, 0.05) is 33.3 Å². The van der Waals surface area contributed by atoms with Crippen molar-refractivity contribution in [2.75, 3.05) is 21.3 Å². The minimum Gasteiger partial charge on any atom is -0.526 e. The Hall–Kier alpha value is -0.693. The van der Waals surface area contributed by atoms with Crippen LogP contribution >= 0.6 is 0 Å². The standard InChI is InChI=1S/C9H18O5Si/c1-7(8(10)14-15)5-6-9(11-2,12-3)13-4/h1,5-6H2,2-4,15H3. The first-order valence-corrected chi connectivity index (χ1v) is 5.28. The second kappa shape index (κ2) is 6.73. The van der Waals surface area contributed by atoms with Gasteiger partial charge in [-0.25, -0.2) is 4.79 Å². The largest absolute Gasteiger partial charge is 0.526 e. The van der Waals surface area contributed by atoms with Crippen LogP contribution in [-0.2, 0) is 23.4 Å². The van der Waals surface area contributed by atoms with E-state index in [0.29, 0.717) is 28.9 Å². The quantitative estimate of drug-likeness (QED) is 0.345. The molecule has 0 aliphatic heterocycles. The van der Waals surface area contributed by atoms with Gasteiger partial charge in [-0.3, -0.25) is 0 Å². The molecule has 0 unspecified atom stereocenters. The summed E-state index contributed by atoms with van der Waals surface area (Å²) in [6, 6.07) is 0. The van der Waals surface area contributed by atoms with Gasteiger partial charge in [0.05, 0.1) is 0 Å². The highest BCUT2D eigenvalue weighted by molar-refractivity contribution is 6.09. The van der Waals surface area contributed by atoms with Gasteiger partial charge < -0.3 is 18.6 Å². The summed E-state index contributed by atoms with van der Waals surface area (Å²) in [7, 11) is 4.78. The van der Waals surface area contributed by atoms with E-state index in [-0.39, 0.29) is 5.97 Å². The molecule has 5 nitrogen and oxygen atoms in total. The summed E-state index contributed by atoms with van der Waals surface area (Å²) in [4.78, 5) is 11.1. The van der Waals surface area contributed by atoms with E-state index in [1.165, 1.54) is 21.3 Å². The average Bonchev–Trinajstić information content (AvgIpc) is 2.30. The highest BCUT2D eigenvalue weighted by Crippen LogP contribution is 2.21. The number of rotatable bonds is 7. The summed E-state index contributed by atoms with van der Waals surface area (Å²) in [6.45, 7) is 3.61. The summed E-state index contributed by atoms with van der Waals surface area (Å²) < 4.78 is 19.9. The third-order valence-electron chi connectivity index (χ3n) is 2.14. The molecule has 88 valence electrons. The molecule has 0 aliphatic rings. The second-order valence-electron chi connectivity index (χ2n) is 2.89. The Morgan fingerprint density at radius 1 is 1.27 bits per heavy atom. The molecule has 0 spiro atoms. The third kappa shape index (κ3) is 4.13. The van der Waals surface area contributed by atoms with Crippen molar-refractivity contribution in [2.45, 2.75) is 18.8 Å². The van der Waals surface area contributed by atoms with Crippen molar-refractivity contribution in [1.29, 1.82) is 0 Å². The van der Waals surface area contributed by atoms with E-state index < -0.39 is 5.97 Å². The number of carbonyl (C=O) groups is 1. The molecule has 0 rings (SSSR count). The highest BCUT2D eigenvalue weighted by atomic mass is 28.2. The lowest BCUT2D eigenvalue weighted by molar-refractivity contribution is -0.354. The van der Waals surface area contributed by atoms with Gasteiger partial charge >= 0.3 is 5.97 Å². The fourth-order valence-electron chi connectivity index (χ4n) is 1.11. The van der Waals surface area contributed by atoms with Crippen LogP contribution in [0.3, 0.4) is 0 Å². The van der Waals surface area contributed by atoms with Crippen molar-refractivity contribution in [3.8, 4) is 0 Å². The molecule has 0 radical (unpaired) electrons. The lowest BCUT2D eigenvalue weighted by Crippen LogP contribution is -2.36. The predicted molar refractivity (Wildman–Crippen MR) is 58.2 cm³/mol. The van der Waals surface area contributed by atoms with Gasteiger partial charge in [-0.15, -0.1) is 0 Å². The Morgan fingerprint density at radius 3 is 2.07 bits per heavy atom. The first-order valence-electron chi connectivity index (χ1n) is 4.46. The summed E-state index contributed by atoms with van der Waals surface area (Å²) in [6.07, 6.45) is 0.780. The van der Waals surface area contributed by atoms with Crippen LogP contribution < -0.4 is 0 Å². The molecule has 0 heterocycles. The molecule has 0 atom stereocenters. The predicted octanol–water partition coefficient (Wildman–Crippen LogP) is -0.261. The van der Waals surface area contributed by atoms with Crippen LogP contribution in [0, 0.1) is 0 Å². The van der Waals surface area contributed by atoms with Crippen LogP contribution in [0.2, 0.25) is 0 Å². The van der Waals surface area contributed by atoms with Gasteiger partial charge in [0.1, 0.15) is 0 Å². The maximum absolute atomic E-state index is 11.1. The van der Waals surface area contributed by atoms with Gasteiger partial charge in [-0.05, 0) is 6.42 Å². The van der Waals surface area contributed by atoms with Crippen molar-refractivity contribution < 1.29 is 23.4 Å². The normalized spacial score (nSPS) is 11.4. The number of ether oxygens (including phenoxy) is 3. The molecule has 0 amide bonds. The Kier molecular flexibility index (Phi) is 6.42. The maximum Gasteiger partial charge on any atom is 0.319 e. The average molecular weight is 234 g/mol. The molecule has 0 aliphatic carbocycles. The van der Waals surface area contributed by atoms with Gasteiger partial charge in [-0.2, -0.15) is 0 Å². The summed E-state index contributed by atoms with van der Waals surface area (Å²) in [5.41, 5.74) is 0.389. The van der Waals surface area contributed by atoms with Gasteiger partial charge in [0.2, 0.25) is 10.5 Å². The smallest absolute Gasteiger partial charge is 0.319 e. The van der Waals surface area contributed by atoms with Crippen molar-refractivity contribution in [3.05, 3.63) is 12.2 Å². The number of hydrogen-bond donors (Lipinski definition) is 0. The SMILES string of the molecule is C=C(CCC(OC)(OC)OC)C(=O)O[SiH3]. The van der Waals surface area contributed by atoms with Crippen molar-refractivity contribution in [2.24, 2.45) is 0 Å². The molecule has 0 aromatic heterocycles. The van der Waals surface area contributed by atoms with Crippen molar-refractivity contribution >= 4 is 16.5 Å². The Morgan fingerprint density at radius 2 is 1.73 bits per heavy atom. The summed E-state index contributed by atoms with van der Waals surface area (Å²) >= 11 is 0. The topological polar surface area (TPSA) is 54.0 Å². The molecule has 0 N–H and O–H groups in total. The molecule has 0 saturated carbocycles. The fourth-order valence-corrected chi connectivity index (χ4v) is 1.40. The van der Waals surface area contributed by atoms with Gasteiger partial charge in [0.25, 0.3) is 5.97 Å². The third-order valence-corrected chi connectivity index (χ3v) is 2.51. The molecule has 15 heavy (non-hydrogen) atoms. The zero-order chi connectivity index (χ0) is 11.9. The van der Waals surface area contributed by atoms with E-state index >= 15 is 0 Å². The van der Waals surface area contributed by atoms with E-state index in [9.17, 15) is 4.79 Å². The lowest BCUT2D eigenvalue weighted by Gasteiger charge is -2.28. The van der Waals surface area contributed by atoms with Crippen LogP contribution in [0.1, 0.15) is 12.8 Å². The zero-order valence-electron chi connectivity index (χ0n) is 9.66. The molecule has 0 aromatic carbocycles. The Balaban J connectivity index is 4.22. The monoisotopic (exact) mass is 234 g/mol. The summed E-state index contributed by atoms with van der Waals surface area (Å²) in [5.74, 6) is -1.49. The van der Waals surface area contributed by atoms with Crippen LogP contribution in [0.25, 0.3) is 0 Å². The molecule has 6 heteroatoms. The molecule has 0 fully saturated rings. The Labute approximate surface area is 92.9 Å². The molecular formula is C9H18O5Si. The fraction of sp³-hybridized carbons (Fsp3) is 0.667. The van der Waals surface area contributed by atoms with E-state index in [0.717, 1.165) is 0 Å². The van der Waals surface area contributed by atoms with Crippen LogP contribution in [0.4, 0.5) is 0 Å². The van der Waals surface area contributed by atoms with Gasteiger partial charge in [0.15, 0.2) is 0 Å². The van der Waals surface area contributed by atoms with E-state index in [1.807, 2.05) is 0 Å². The highest BCUT2D eigenvalue weighted by Gasteiger charge is 2.29. The minimum absolute atomic E-state index is 0.366. The number of hydrogen-bond acceptors (Lipinski definition) is 5. The zero-order valence-corrected chi connectivity index (χ0v) is 11.7. The first-order chi connectivity index (χ1) is 7.05. The maximum atomic E-state index is 11.1. The van der Waals surface area contributed by atoms with Gasteiger partial charge in [-0.1, -0.05) is 6.58 Å². The van der Waals surface area contributed by atoms with Crippen LogP contribution in [0.5, 0.6) is 0 Å². The van der Waals surface area contributed by atoms with E-state index in [4.69, 9.17) is 14.2 Å². The van der Waals surface area contributed by atoms with Crippen molar-refractivity contribution in [1.82, 2.24) is 0 Å². The molecule has 0 saturated heterocycles. The number of carbonyl (C=O) groups excluding carboxylic acids is 1. The van der Waals surface area contributed by atoms with E-state index in [2.05, 4.69) is 11.0 Å². The number of methoxy groups -OCH3 is 3. The molecule has 0 bridgehead atoms. The van der Waals surface area contributed by atoms with Crippen LogP contribution in [0.15, 0.2) is 12.2 Å². The van der Waals surface area contributed by atoms with Crippen molar-refractivity contribution in [3.63, 3.8) is 0 Å². The second-order valence-corrected chi connectivity index (χ2v) is 3.30. The molecular weight excluding hydrogens is 216 g/mol. The summed E-state index contributed by atoms with van der Waals surface area (Å²) in [5, 5.41) is 0. The first kappa shape index (κ1) is 14.3. The van der Waals surface area contributed by atoms with Crippen LogP contribution in [-0.4, -0.2) is 43.8 Å².